The van der Waals surface area contributed by atoms with Crippen LogP contribution in [-0.4, -0.2) is 5.11 Å². The molecule has 0 aromatic heterocycles. The number of rotatable bonds is 4. The van der Waals surface area contributed by atoms with Crippen molar-refractivity contribution in [1.82, 2.24) is 0 Å². The fourth-order valence-electron chi connectivity index (χ4n) is 1.19. The Morgan fingerprint density at radius 2 is 2.00 bits per heavy atom. The van der Waals surface area contributed by atoms with Crippen molar-refractivity contribution in [3.8, 4) is 0 Å². The van der Waals surface area contributed by atoms with Gasteiger partial charge in [0.2, 0.25) is 0 Å². The van der Waals surface area contributed by atoms with Crippen LogP contribution in [0.5, 0.6) is 0 Å². The smallest absolute Gasteiger partial charge is 0.0681 e. The normalized spacial score (nSPS) is 12.5. The molecule has 0 aliphatic rings. The van der Waals surface area contributed by atoms with E-state index in [0.29, 0.717) is 0 Å². The number of aliphatic hydroxyl groups is 1. The highest BCUT2D eigenvalue weighted by atomic mass is 16.3. The maximum absolute atomic E-state index is 8.82. The second-order valence-electron chi connectivity index (χ2n) is 3.03. The van der Waals surface area contributed by atoms with E-state index in [9.17, 15) is 0 Å². The standard InChI is InChI=1S/C11H15NO/c1-2-3-11(12)10-6-4-9(8-13)5-7-10/h2,4-7,11,13H,1,3,8,12H2. The van der Waals surface area contributed by atoms with Gasteiger partial charge < -0.3 is 10.8 Å². The maximum Gasteiger partial charge on any atom is 0.0681 e. The van der Waals surface area contributed by atoms with Crippen molar-refractivity contribution < 1.29 is 5.11 Å². The molecule has 1 atom stereocenters. The van der Waals surface area contributed by atoms with Gasteiger partial charge in [-0.15, -0.1) is 6.58 Å². The lowest BCUT2D eigenvalue weighted by Crippen LogP contribution is -2.08. The lowest BCUT2D eigenvalue weighted by Gasteiger charge is -2.09. The summed E-state index contributed by atoms with van der Waals surface area (Å²) in [6.07, 6.45) is 2.59. The van der Waals surface area contributed by atoms with Crippen LogP contribution >= 0.6 is 0 Å². The number of hydrogen-bond acceptors (Lipinski definition) is 2. The number of aliphatic hydroxyl groups excluding tert-OH is 1. The van der Waals surface area contributed by atoms with Crippen LogP contribution in [0, 0.1) is 0 Å². The quantitative estimate of drug-likeness (QED) is 0.688. The van der Waals surface area contributed by atoms with Gasteiger partial charge in [0.15, 0.2) is 0 Å². The van der Waals surface area contributed by atoms with E-state index in [1.807, 2.05) is 30.3 Å². The van der Waals surface area contributed by atoms with Crippen LogP contribution in [0.3, 0.4) is 0 Å². The molecule has 2 heteroatoms. The summed E-state index contributed by atoms with van der Waals surface area (Å²) in [7, 11) is 0. The SMILES string of the molecule is C=CCC(N)c1ccc(CO)cc1. The van der Waals surface area contributed by atoms with E-state index in [-0.39, 0.29) is 12.6 Å². The van der Waals surface area contributed by atoms with Crippen LogP contribution in [0.1, 0.15) is 23.6 Å². The van der Waals surface area contributed by atoms with Crippen molar-refractivity contribution in [2.75, 3.05) is 0 Å². The summed E-state index contributed by atoms with van der Waals surface area (Å²) in [4.78, 5) is 0. The molecule has 0 fully saturated rings. The van der Waals surface area contributed by atoms with Gasteiger partial charge in [-0.25, -0.2) is 0 Å². The third-order valence-corrected chi connectivity index (χ3v) is 2.01. The number of nitrogens with two attached hydrogens (primary N) is 1. The first kappa shape index (κ1) is 9.96. The Morgan fingerprint density at radius 3 is 2.46 bits per heavy atom. The van der Waals surface area contributed by atoms with Gasteiger partial charge in [-0.05, 0) is 17.5 Å². The Labute approximate surface area is 78.7 Å². The number of hydrogen-bond donors (Lipinski definition) is 2. The van der Waals surface area contributed by atoms with Crippen molar-refractivity contribution in [3.05, 3.63) is 48.0 Å². The molecule has 0 aliphatic heterocycles. The summed E-state index contributed by atoms with van der Waals surface area (Å²) >= 11 is 0. The average Bonchev–Trinajstić information content (AvgIpc) is 2.18. The molecule has 1 aromatic carbocycles. The minimum absolute atomic E-state index is 0.0187. The molecule has 1 aromatic rings. The van der Waals surface area contributed by atoms with Crippen LogP contribution in [0.25, 0.3) is 0 Å². The van der Waals surface area contributed by atoms with E-state index >= 15 is 0 Å². The highest BCUT2D eigenvalue weighted by Crippen LogP contribution is 2.14. The van der Waals surface area contributed by atoms with Gasteiger partial charge in [0.25, 0.3) is 0 Å². The van der Waals surface area contributed by atoms with Gasteiger partial charge in [-0.1, -0.05) is 30.3 Å². The molecule has 0 heterocycles. The minimum Gasteiger partial charge on any atom is -0.392 e. The third-order valence-electron chi connectivity index (χ3n) is 2.01. The predicted molar refractivity (Wildman–Crippen MR) is 54.1 cm³/mol. The summed E-state index contributed by atoms with van der Waals surface area (Å²) < 4.78 is 0. The van der Waals surface area contributed by atoms with Gasteiger partial charge in [0.05, 0.1) is 6.61 Å². The molecule has 0 radical (unpaired) electrons. The van der Waals surface area contributed by atoms with E-state index in [4.69, 9.17) is 10.8 Å². The molecule has 1 rings (SSSR count). The fourth-order valence-corrected chi connectivity index (χ4v) is 1.19. The van der Waals surface area contributed by atoms with E-state index in [2.05, 4.69) is 6.58 Å². The second-order valence-corrected chi connectivity index (χ2v) is 3.03. The second kappa shape index (κ2) is 4.80. The first-order chi connectivity index (χ1) is 6.27. The first-order valence-electron chi connectivity index (χ1n) is 4.34. The monoisotopic (exact) mass is 177 g/mol. The highest BCUT2D eigenvalue weighted by molar-refractivity contribution is 5.24. The van der Waals surface area contributed by atoms with Gasteiger partial charge >= 0.3 is 0 Å². The van der Waals surface area contributed by atoms with E-state index < -0.39 is 0 Å². The summed E-state index contributed by atoms with van der Waals surface area (Å²) in [6, 6.07) is 7.68. The zero-order chi connectivity index (χ0) is 9.68. The Morgan fingerprint density at radius 1 is 1.38 bits per heavy atom. The lowest BCUT2D eigenvalue weighted by molar-refractivity contribution is 0.282. The van der Waals surface area contributed by atoms with Gasteiger partial charge in [0, 0.05) is 6.04 Å². The molecular weight excluding hydrogens is 162 g/mol. The molecule has 0 bridgehead atoms. The fraction of sp³-hybridized carbons (Fsp3) is 0.273. The topological polar surface area (TPSA) is 46.2 Å². The van der Waals surface area contributed by atoms with Gasteiger partial charge in [0.1, 0.15) is 0 Å². The van der Waals surface area contributed by atoms with Crippen molar-refractivity contribution in [3.63, 3.8) is 0 Å². The van der Waals surface area contributed by atoms with Crippen molar-refractivity contribution >= 4 is 0 Å². The third kappa shape index (κ3) is 2.68. The Hall–Kier alpha value is -1.12. The molecule has 1 unspecified atom stereocenters. The Balaban J connectivity index is 2.73. The lowest BCUT2D eigenvalue weighted by atomic mass is 10.0. The van der Waals surface area contributed by atoms with E-state index in [1.54, 1.807) is 0 Å². The van der Waals surface area contributed by atoms with Crippen LogP contribution in [0.15, 0.2) is 36.9 Å². The molecule has 0 saturated heterocycles. The van der Waals surface area contributed by atoms with Gasteiger partial charge in [-0.2, -0.15) is 0 Å². The molecule has 13 heavy (non-hydrogen) atoms. The largest absolute Gasteiger partial charge is 0.392 e. The molecule has 0 spiro atoms. The summed E-state index contributed by atoms with van der Waals surface area (Å²) in [5, 5.41) is 8.82. The van der Waals surface area contributed by atoms with Gasteiger partial charge in [-0.3, -0.25) is 0 Å². The van der Waals surface area contributed by atoms with E-state index in [1.165, 1.54) is 0 Å². The van der Waals surface area contributed by atoms with Crippen LogP contribution in [-0.2, 0) is 6.61 Å². The zero-order valence-electron chi connectivity index (χ0n) is 7.61. The molecule has 2 nitrogen and oxygen atoms in total. The average molecular weight is 177 g/mol. The summed E-state index contributed by atoms with van der Waals surface area (Å²) in [5.74, 6) is 0. The molecule has 0 aliphatic carbocycles. The molecular formula is C11H15NO. The molecule has 70 valence electrons. The zero-order valence-corrected chi connectivity index (χ0v) is 7.61. The minimum atomic E-state index is 0.0187. The Bertz CT molecular complexity index is 266. The Kier molecular flexibility index (Phi) is 3.68. The predicted octanol–water partition coefficient (Wildman–Crippen LogP) is 1.75. The molecule has 0 saturated carbocycles. The van der Waals surface area contributed by atoms with Crippen molar-refractivity contribution in [1.29, 1.82) is 0 Å². The highest BCUT2D eigenvalue weighted by Gasteiger charge is 2.02. The first-order valence-corrected chi connectivity index (χ1v) is 4.34. The van der Waals surface area contributed by atoms with Crippen LogP contribution < -0.4 is 5.73 Å². The molecule has 3 N–H and O–H groups in total. The maximum atomic E-state index is 8.82. The van der Waals surface area contributed by atoms with E-state index in [0.717, 1.165) is 17.5 Å². The van der Waals surface area contributed by atoms with Crippen LogP contribution in [0.2, 0.25) is 0 Å². The van der Waals surface area contributed by atoms with Crippen LogP contribution in [0.4, 0.5) is 0 Å². The van der Waals surface area contributed by atoms with Crippen molar-refractivity contribution in [2.24, 2.45) is 5.73 Å². The summed E-state index contributed by atoms with van der Waals surface area (Å²) in [6.45, 7) is 3.72. The number of benzene rings is 1. The van der Waals surface area contributed by atoms with Crippen molar-refractivity contribution in [2.45, 2.75) is 19.1 Å². The molecule has 0 amide bonds. The summed E-state index contributed by atoms with van der Waals surface area (Å²) in [5.41, 5.74) is 7.86.